The zero-order valence-electron chi connectivity index (χ0n) is 19.0. The number of benzene rings is 2. The SMILES string of the molecule is COC(=O)C(=NC(=O)c1ccccc1)C1(C(=O)OC)C(C)=NN(c2ccc(C)cc2)N=C1C. The fraction of sp³-hybridized carbons (Fsp3) is 0.250. The van der Waals surface area contributed by atoms with Crippen molar-refractivity contribution in [3.63, 3.8) is 0 Å². The minimum atomic E-state index is -1.94. The zero-order valence-corrected chi connectivity index (χ0v) is 19.0. The Bertz CT molecular complexity index is 1150. The predicted octanol–water partition coefficient (Wildman–Crippen LogP) is 3.18. The molecular weight excluding hydrogens is 424 g/mol. The monoisotopic (exact) mass is 448 g/mol. The van der Waals surface area contributed by atoms with Gasteiger partial charge in [0, 0.05) is 5.56 Å². The minimum absolute atomic E-state index is 0.146. The molecule has 0 N–H and O–H groups in total. The molecule has 0 radical (unpaired) electrons. The van der Waals surface area contributed by atoms with Crippen LogP contribution < -0.4 is 5.12 Å². The van der Waals surface area contributed by atoms with Crippen LogP contribution in [-0.2, 0) is 19.1 Å². The Balaban J connectivity index is 2.20. The summed E-state index contributed by atoms with van der Waals surface area (Å²) in [5.74, 6) is -2.56. The van der Waals surface area contributed by atoms with Crippen molar-refractivity contribution in [2.45, 2.75) is 20.8 Å². The van der Waals surface area contributed by atoms with E-state index < -0.39 is 29.0 Å². The van der Waals surface area contributed by atoms with Gasteiger partial charge in [-0.05, 0) is 45.0 Å². The quantitative estimate of drug-likeness (QED) is 0.513. The number of esters is 2. The van der Waals surface area contributed by atoms with Crippen molar-refractivity contribution in [2.75, 3.05) is 19.3 Å². The maximum Gasteiger partial charge on any atom is 0.354 e. The van der Waals surface area contributed by atoms with Gasteiger partial charge in [0.25, 0.3) is 5.91 Å². The minimum Gasteiger partial charge on any atom is -0.468 e. The van der Waals surface area contributed by atoms with Gasteiger partial charge in [0.15, 0.2) is 11.1 Å². The summed E-state index contributed by atoms with van der Waals surface area (Å²) in [5.41, 5.74) is -0.180. The van der Waals surface area contributed by atoms with Gasteiger partial charge in [-0.1, -0.05) is 35.9 Å². The molecule has 0 atom stereocenters. The molecule has 9 heteroatoms. The van der Waals surface area contributed by atoms with E-state index in [4.69, 9.17) is 9.47 Å². The fourth-order valence-electron chi connectivity index (χ4n) is 3.53. The largest absolute Gasteiger partial charge is 0.468 e. The number of aryl methyl sites for hydroxylation is 1. The topological polar surface area (TPSA) is 110 Å². The lowest BCUT2D eigenvalue weighted by Gasteiger charge is -2.35. The second kappa shape index (κ2) is 9.56. The number of hydrogen-bond donors (Lipinski definition) is 0. The summed E-state index contributed by atoms with van der Waals surface area (Å²) in [6.45, 7) is 5.04. The van der Waals surface area contributed by atoms with Gasteiger partial charge in [-0.2, -0.15) is 15.3 Å². The number of hydrazone groups is 2. The summed E-state index contributed by atoms with van der Waals surface area (Å²) >= 11 is 0. The molecule has 0 bridgehead atoms. The molecule has 0 aliphatic carbocycles. The molecule has 170 valence electrons. The highest BCUT2D eigenvalue weighted by Crippen LogP contribution is 2.33. The van der Waals surface area contributed by atoms with Gasteiger partial charge < -0.3 is 9.47 Å². The number of ether oxygens (including phenoxy) is 2. The molecule has 1 heterocycles. The molecule has 0 saturated heterocycles. The van der Waals surface area contributed by atoms with Crippen LogP contribution in [0, 0.1) is 12.3 Å². The van der Waals surface area contributed by atoms with E-state index in [1.165, 1.54) is 12.2 Å². The molecular formula is C24H24N4O5. The van der Waals surface area contributed by atoms with Crippen LogP contribution in [0.15, 0.2) is 69.8 Å². The molecule has 0 fully saturated rings. The Morgan fingerprint density at radius 3 is 1.94 bits per heavy atom. The smallest absolute Gasteiger partial charge is 0.354 e. The van der Waals surface area contributed by atoms with Crippen molar-refractivity contribution in [1.29, 1.82) is 0 Å². The van der Waals surface area contributed by atoms with Crippen LogP contribution in [0.4, 0.5) is 5.69 Å². The van der Waals surface area contributed by atoms with Crippen LogP contribution in [0.3, 0.4) is 0 Å². The molecule has 0 unspecified atom stereocenters. The lowest BCUT2D eigenvalue weighted by atomic mass is 9.74. The van der Waals surface area contributed by atoms with Crippen LogP contribution >= 0.6 is 0 Å². The van der Waals surface area contributed by atoms with E-state index in [1.54, 1.807) is 44.2 Å². The number of methoxy groups -OCH3 is 2. The second-order valence-electron chi connectivity index (χ2n) is 7.36. The third-order valence-electron chi connectivity index (χ3n) is 5.30. The fourth-order valence-corrected chi connectivity index (χ4v) is 3.53. The first-order chi connectivity index (χ1) is 15.7. The van der Waals surface area contributed by atoms with E-state index in [1.807, 2.05) is 31.2 Å². The summed E-state index contributed by atoms with van der Waals surface area (Å²) in [6.07, 6.45) is 0. The van der Waals surface area contributed by atoms with Crippen LogP contribution in [-0.4, -0.2) is 49.2 Å². The number of carbonyl (C=O) groups is 3. The lowest BCUT2D eigenvalue weighted by Crippen LogP contribution is -2.57. The van der Waals surface area contributed by atoms with Crippen molar-refractivity contribution < 1.29 is 23.9 Å². The van der Waals surface area contributed by atoms with Crippen LogP contribution in [0.1, 0.15) is 29.8 Å². The summed E-state index contributed by atoms with van der Waals surface area (Å²) in [4.78, 5) is 42.9. The number of aliphatic imine (C=N–C) groups is 1. The molecule has 3 rings (SSSR count). The highest BCUT2D eigenvalue weighted by molar-refractivity contribution is 6.57. The molecule has 0 aromatic heterocycles. The number of nitrogens with zero attached hydrogens (tertiary/aromatic N) is 4. The van der Waals surface area contributed by atoms with Gasteiger partial charge >= 0.3 is 11.9 Å². The molecule has 0 spiro atoms. The van der Waals surface area contributed by atoms with E-state index >= 15 is 0 Å². The Kier molecular flexibility index (Phi) is 6.81. The Hall–Kier alpha value is -4.14. The third-order valence-corrected chi connectivity index (χ3v) is 5.30. The van der Waals surface area contributed by atoms with Crippen molar-refractivity contribution in [3.05, 3.63) is 65.7 Å². The molecule has 1 aliphatic heterocycles. The normalized spacial score (nSPS) is 15.3. The molecule has 0 saturated carbocycles. The van der Waals surface area contributed by atoms with Gasteiger partial charge in [-0.3, -0.25) is 9.59 Å². The average Bonchev–Trinajstić information content (AvgIpc) is 2.83. The van der Waals surface area contributed by atoms with Gasteiger partial charge in [-0.15, -0.1) is 0 Å². The number of carbonyl (C=O) groups excluding carboxylic acids is 3. The van der Waals surface area contributed by atoms with E-state index in [9.17, 15) is 14.4 Å². The van der Waals surface area contributed by atoms with Crippen molar-refractivity contribution in [3.8, 4) is 0 Å². The highest BCUT2D eigenvalue weighted by Gasteiger charge is 2.56. The summed E-state index contributed by atoms with van der Waals surface area (Å²) < 4.78 is 9.92. The van der Waals surface area contributed by atoms with Crippen molar-refractivity contribution in [2.24, 2.45) is 20.6 Å². The predicted molar refractivity (Wildman–Crippen MR) is 125 cm³/mol. The van der Waals surface area contributed by atoms with Crippen LogP contribution in [0.25, 0.3) is 0 Å². The van der Waals surface area contributed by atoms with Gasteiger partial charge in [0.05, 0.1) is 31.3 Å². The third kappa shape index (κ3) is 4.30. The van der Waals surface area contributed by atoms with Gasteiger partial charge in [0.2, 0.25) is 0 Å². The van der Waals surface area contributed by atoms with E-state index in [-0.39, 0.29) is 17.0 Å². The van der Waals surface area contributed by atoms with E-state index in [0.717, 1.165) is 12.7 Å². The molecule has 2 aromatic rings. The summed E-state index contributed by atoms with van der Waals surface area (Å²) in [7, 11) is 2.31. The molecule has 2 aromatic carbocycles. The average molecular weight is 448 g/mol. The Morgan fingerprint density at radius 1 is 0.848 bits per heavy atom. The maximum absolute atomic E-state index is 13.2. The highest BCUT2D eigenvalue weighted by atomic mass is 16.5. The maximum atomic E-state index is 13.2. The van der Waals surface area contributed by atoms with E-state index in [2.05, 4.69) is 15.2 Å². The Morgan fingerprint density at radius 2 is 1.42 bits per heavy atom. The van der Waals surface area contributed by atoms with Crippen LogP contribution in [0.2, 0.25) is 0 Å². The van der Waals surface area contributed by atoms with Gasteiger partial charge in [0.1, 0.15) is 0 Å². The van der Waals surface area contributed by atoms with E-state index in [0.29, 0.717) is 5.69 Å². The van der Waals surface area contributed by atoms with Crippen molar-refractivity contribution >= 4 is 40.7 Å². The summed E-state index contributed by atoms with van der Waals surface area (Å²) in [6, 6.07) is 15.6. The zero-order chi connectivity index (χ0) is 24.2. The molecule has 1 aliphatic rings. The first-order valence-corrected chi connectivity index (χ1v) is 10.1. The number of anilines is 1. The first-order valence-electron chi connectivity index (χ1n) is 10.1. The lowest BCUT2D eigenvalue weighted by molar-refractivity contribution is -0.144. The second-order valence-corrected chi connectivity index (χ2v) is 7.36. The molecule has 9 nitrogen and oxygen atoms in total. The van der Waals surface area contributed by atoms with Gasteiger partial charge in [-0.25, -0.2) is 9.79 Å². The standard InChI is InChI=1S/C24H24N4O5/c1-15-11-13-19(14-12-15)28-26-16(2)24(17(3)27-28,23(31)33-5)20(22(30)32-4)25-21(29)18-9-7-6-8-10-18/h6-14H,1-5H3. The number of amides is 1. The van der Waals surface area contributed by atoms with Crippen molar-refractivity contribution in [1.82, 2.24) is 0 Å². The summed E-state index contributed by atoms with van der Waals surface area (Å²) in [5, 5.41) is 10.2. The van der Waals surface area contributed by atoms with Crippen LogP contribution in [0.5, 0.6) is 0 Å². The Labute approximate surface area is 191 Å². The number of hydrogen-bond acceptors (Lipinski definition) is 8. The first kappa shape index (κ1) is 23.5. The number of rotatable bonds is 5. The molecule has 33 heavy (non-hydrogen) atoms. The molecule has 1 amide bonds.